The van der Waals surface area contributed by atoms with Gasteiger partial charge in [-0.25, -0.2) is 0 Å². The van der Waals surface area contributed by atoms with Crippen molar-refractivity contribution in [1.82, 2.24) is 0 Å². The van der Waals surface area contributed by atoms with Crippen LogP contribution in [0.15, 0.2) is 48.5 Å². The zero-order valence-electron chi connectivity index (χ0n) is 10.4. The Balaban J connectivity index is 2.25. The summed E-state index contributed by atoms with van der Waals surface area (Å²) in [6, 6.07) is 12.6. The number of hydrogen-bond acceptors (Lipinski definition) is 1. The molecule has 0 aliphatic rings. The third kappa shape index (κ3) is 3.33. The maximum absolute atomic E-state index is 12.9. The summed E-state index contributed by atoms with van der Waals surface area (Å²) in [4.78, 5) is 0. The van der Waals surface area contributed by atoms with Crippen molar-refractivity contribution < 1.29 is 17.9 Å². The van der Waals surface area contributed by atoms with E-state index in [0.717, 1.165) is 11.6 Å². The second-order valence-electron chi connectivity index (χ2n) is 4.13. The molecule has 1 nitrogen and oxygen atoms in total. The molecule has 0 unspecified atom stereocenters. The lowest BCUT2D eigenvalue weighted by molar-refractivity contribution is -0.139. The standard InChI is InChI=1S/C16H11F3O/c1-2-12-8-9-15(14(10-12)16(17,18)19)20-11-13-6-4-3-5-7-13/h1,3-10H,11H2. The van der Waals surface area contributed by atoms with E-state index < -0.39 is 11.7 Å². The molecule has 0 aliphatic heterocycles. The molecule has 0 fully saturated rings. The lowest BCUT2D eigenvalue weighted by Gasteiger charge is -2.14. The van der Waals surface area contributed by atoms with E-state index in [1.807, 2.05) is 6.07 Å². The average molecular weight is 276 g/mol. The number of terminal acetylenes is 1. The van der Waals surface area contributed by atoms with Crippen LogP contribution in [0.25, 0.3) is 0 Å². The lowest BCUT2D eigenvalue weighted by Crippen LogP contribution is -2.09. The first-order chi connectivity index (χ1) is 9.50. The van der Waals surface area contributed by atoms with Crippen molar-refractivity contribution >= 4 is 0 Å². The van der Waals surface area contributed by atoms with Crippen LogP contribution in [0.2, 0.25) is 0 Å². The number of hydrogen-bond donors (Lipinski definition) is 0. The number of benzene rings is 2. The third-order valence-corrected chi connectivity index (χ3v) is 2.69. The molecule has 102 valence electrons. The highest BCUT2D eigenvalue weighted by Crippen LogP contribution is 2.37. The van der Waals surface area contributed by atoms with Gasteiger partial charge in [0.2, 0.25) is 0 Å². The Morgan fingerprint density at radius 3 is 2.35 bits per heavy atom. The Kier molecular flexibility index (Phi) is 3.99. The summed E-state index contributed by atoms with van der Waals surface area (Å²) in [7, 11) is 0. The fourth-order valence-corrected chi connectivity index (χ4v) is 1.70. The van der Waals surface area contributed by atoms with Gasteiger partial charge in [0.1, 0.15) is 12.4 Å². The first kappa shape index (κ1) is 14.0. The van der Waals surface area contributed by atoms with Crippen molar-refractivity contribution in [3.63, 3.8) is 0 Å². The van der Waals surface area contributed by atoms with E-state index in [0.29, 0.717) is 0 Å². The molecule has 0 N–H and O–H groups in total. The molecule has 0 saturated heterocycles. The van der Waals surface area contributed by atoms with Crippen molar-refractivity contribution in [1.29, 1.82) is 0 Å². The molecular formula is C16H11F3O. The summed E-state index contributed by atoms with van der Waals surface area (Å²) in [5.41, 5.74) is 0.106. The number of ether oxygens (including phenoxy) is 1. The molecule has 0 atom stereocenters. The Labute approximate surface area is 115 Å². The van der Waals surface area contributed by atoms with Crippen LogP contribution in [-0.2, 0) is 12.8 Å². The number of rotatable bonds is 3. The van der Waals surface area contributed by atoms with Crippen LogP contribution in [0, 0.1) is 12.3 Å². The van der Waals surface area contributed by atoms with E-state index in [2.05, 4.69) is 5.92 Å². The number of halogens is 3. The predicted molar refractivity (Wildman–Crippen MR) is 70.2 cm³/mol. The summed E-state index contributed by atoms with van der Waals surface area (Å²) >= 11 is 0. The van der Waals surface area contributed by atoms with Gasteiger partial charge in [0.05, 0.1) is 5.56 Å². The Morgan fingerprint density at radius 2 is 1.75 bits per heavy atom. The smallest absolute Gasteiger partial charge is 0.420 e. The van der Waals surface area contributed by atoms with Gasteiger partial charge < -0.3 is 4.74 Å². The van der Waals surface area contributed by atoms with Gasteiger partial charge in [-0.1, -0.05) is 36.3 Å². The molecule has 0 aromatic heterocycles. The van der Waals surface area contributed by atoms with Crippen molar-refractivity contribution in [2.45, 2.75) is 12.8 Å². The molecule has 0 spiro atoms. The van der Waals surface area contributed by atoms with Crippen molar-refractivity contribution in [2.24, 2.45) is 0 Å². The van der Waals surface area contributed by atoms with Crippen LogP contribution < -0.4 is 4.74 Å². The van der Waals surface area contributed by atoms with Gasteiger partial charge in [-0.3, -0.25) is 0 Å². The van der Waals surface area contributed by atoms with Crippen LogP contribution >= 0.6 is 0 Å². The third-order valence-electron chi connectivity index (χ3n) is 2.69. The summed E-state index contributed by atoms with van der Waals surface area (Å²) < 4.78 is 44.1. The molecule has 0 heterocycles. The molecule has 20 heavy (non-hydrogen) atoms. The molecule has 0 amide bonds. The monoisotopic (exact) mass is 276 g/mol. The second kappa shape index (κ2) is 5.70. The van der Waals surface area contributed by atoms with Gasteiger partial charge >= 0.3 is 6.18 Å². The first-order valence-corrected chi connectivity index (χ1v) is 5.85. The molecule has 4 heteroatoms. The van der Waals surface area contributed by atoms with Crippen LogP contribution in [0.1, 0.15) is 16.7 Å². The van der Waals surface area contributed by atoms with Gasteiger partial charge in [-0.2, -0.15) is 13.2 Å². The van der Waals surface area contributed by atoms with Crippen LogP contribution in [-0.4, -0.2) is 0 Å². The minimum atomic E-state index is -4.50. The molecule has 2 rings (SSSR count). The van der Waals surface area contributed by atoms with E-state index in [4.69, 9.17) is 11.2 Å². The van der Waals surface area contributed by atoms with Gasteiger partial charge in [0, 0.05) is 5.56 Å². The molecular weight excluding hydrogens is 265 g/mol. The average Bonchev–Trinajstić information content (AvgIpc) is 2.45. The summed E-state index contributed by atoms with van der Waals surface area (Å²) in [6.07, 6.45) is 0.618. The minimum Gasteiger partial charge on any atom is -0.488 e. The Morgan fingerprint density at radius 1 is 1.05 bits per heavy atom. The summed E-state index contributed by atoms with van der Waals surface area (Å²) in [5, 5.41) is 0. The van der Waals surface area contributed by atoms with Gasteiger partial charge in [0.15, 0.2) is 0 Å². The minimum absolute atomic E-state index is 0.0688. The first-order valence-electron chi connectivity index (χ1n) is 5.85. The molecule has 0 saturated carbocycles. The molecule has 2 aromatic rings. The molecule has 0 aliphatic carbocycles. The Bertz CT molecular complexity index is 624. The molecule has 2 aromatic carbocycles. The zero-order valence-corrected chi connectivity index (χ0v) is 10.4. The van der Waals surface area contributed by atoms with Gasteiger partial charge in [0.25, 0.3) is 0 Å². The van der Waals surface area contributed by atoms with Crippen molar-refractivity contribution in [3.05, 3.63) is 65.2 Å². The SMILES string of the molecule is C#Cc1ccc(OCc2ccccc2)c(C(F)(F)F)c1. The fourth-order valence-electron chi connectivity index (χ4n) is 1.70. The maximum atomic E-state index is 12.9. The van der Waals surface area contributed by atoms with Crippen molar-refractivity contribution in [3.8, 4) is 18.1 Å². The highest BCUT2D eigenvalue weighted by Gasteiger charge is 2.34. The number of alkyl halides is 3. The van der Waals surface area contributed by atoms with Gasteiger partial charge in [-0.15, -0.1) is 6.42 Å². The van der Waals surface area contributed by atoms with E-state index in [1.54, 1.807) is 24.3 Å². The summed E-state index contributed by atoms with van der Waals surface area (Å²) in [6.45, 7) is 0.0688. The van der Waals surface area contributed by atoms with Gasteiger partial charge in [-0.05, 0) is 23.8 Å². The van der Waals surface area contributed by atoms with E-state index >= 15 is 0 Å². The quantitative estimate of drug-likeness (QED) is 0.761. The zero-order chi connectivity index (χ0) is 14.6. The molecule has 0 radical (unpaired) electrons. The van der Waals surface area contributed by atoms with Crippen molar-refractivity contribution in [2.75, 3.05) is 0 Å². The van der Waals surface area contributed by atoms with Crippen LogP contribution in [0.3, 0.4) is 0 Å². The second-order valence-corrected chi connectivity index (χ2v) is 4.13. The predicted octanol–water partition coefficient (Wildman–Crippen LogP) is 4.27. The topological polar surface area (TPSA) is 9.23 Å². The Hall–Kier alpha value is -2.41. The van der Waals surface area contributed by atoms with E-state index in [9.17, 15) is 13.2 Å². The fraction of sp³-hybridized carbons (Fsp3) is 0.125. The maximum Gasteiger partial charge on any atom is 0.420 e. The van der Waals surface area contributed by atoms with Crippen LogP contribution in [0.4, 0.5) is 13.2 Å². The normalized spacial score (nSPS) is 10.9. The highest BCUT2D eigenvalue weighted by molar-refractivity contribution is 5.44. The van der Waals surface area contributed by atoms with E-state index in [-0.39, 0.29) is 17.9 Å². The van der Waals surface area contributed by atoms with E-state index in [1.165, 1.54) is 12.1 Å². The highest BCUT2D eigenvalue weighted by atomic mass is 19.4. The van der Waals surface area contributed by atoms with Crippen LogP contribution in [0.5, 0.6) is 5.75 Å². The largest absolute Gasteiger partial charge is 0.488 e. The lowest BCUT2D eigenvalue weighted by atomic mass is 10.1. The molecule has 0 bridgehead atoms. The summed E-state index contributed by atoms with van der Waals surface area (Å²) in [5.74, 6) is 1.96.